The van der Waals surface area contributed by atoms with Crippen molar-refractivity contribution in [3.63, 3.8) is 0 Å². The molecule has 2 aromatic carbocycles. The SMILES string of the molecule is CN=C(NCCCc1ccc(OC)cc1)NCc1ccc(OC)c(OC)c1.I. The maximum Gasteiger partial charge on any atom is 0.191 e. The fraction of sp³-hybridized carbons (Fsp3) is 0.381. The lowest BCUT2D eigenvalue weighted by molar-refractivity contribution is 0.354. The van der Waals surface area contributed by atoms with Crippen molar-refractivity contribution in [2.45, 2.75) is 19.4 Å². The number of guanidine groups is 1. The first-order valence-electron chi connectivity index (χ1n) is 8.98. The molecule has 0 amide bonds. The van der Waals surface area contributed by atoms with Crippen molar-refractivity contribution in [3.8, 4) is 17.2 Å². The zero-order chi connectivity index (χ0) is 19.5. The van der Waals surface area contributed by atoms with Gasteiger partial charge in [-0.05, 0) is 48.2 Å². The Labute approximate surface area is 184 Å². The molecule has 0 atom stereocenters. The molecule has 6 nitrogen and oxygen atoms in total. The standard InChI is InChI=1S/C21H29N3O3.HI/c1-22-21(23-13-5-6-16-7-10-18(25-2)11-8-16)24-15-17-9-12-19(26-3)20(14-17)27-4;/h7-12,14H,5-6,13,15H2,1-4H3,(H2,22,23,24);1H. The third-order valence-corrected chi connectivity index (χ3v) is 4.23. The molecule has 0 radical (unpaired) electrons. The van der Waals surface area contributed by atoms with E-state index in [1.807, 2.05) is 30.3 Å². The van der Waals surface area contributed by atoms with Crippen LogP contribution in [0.15, 0.2) is 47.5 Å². The van der Waals surface area contributed by atoms with E-state index in [-0.39, 0.29) is 24.0 Å². The van der Waals surface area contributed by atoms with Gasteiger partial charge >= 0.3 is 0 Å². The van der Waals surface area contributed by atoms with Crippen LogP contribution in [-0.4, -0.2) is 40.9 Å². The van der Waals surface area contributed by atoms with Gasteiger partial charge in [-0.2, -0.15) is 0 Å². The van der Waals surface area contributed by atoms with Crippen molar-refractivity contribution < 1.29 is 14.2 Å². The molecule has 0 aliphatic rings. The van der Waals surface area contributed by atoms with Crippen LogP contribution in [-0.2, 0) is 13.0 Å². The molecule has 0 unspecified atom stereocenters. The van der Waals surface area contributed by atoms with Crippen molar-refractivity contribution in [3.05, 3.63) is 53.6 Å². The van der Waals surface area contributed by atoms with Crippen molar-refractivity contribution >= 4 is 29.9 Å². The molecule has 28 heavy (non-hydrogen) atoms. The molecule has 0 aliphatic heterocycles. The van der Waals surface area contributed by atoms with E-state index in [9.17, 15) is 0 Å². The second kappa shape index (κ2) is 13.1. The third-order valence-electron chi connectivity index (χ3n) is 4.23. The Hall–Kier alpha value is -2.16. The number of ether oxygens (including phenoxy) is 3. The highest BCUT2D eigenvalue weighted by atomic mass is 127. The van der Waals surface area contributed by atoms with E-state index in [1.54, 1.807) is 28.4 Å². The smallest absolute Gasteiger partial charge is 0.191 e. The predicted octanol–water partition coefficient (Wildman–Crippen LogP) is 3.63. The number of hydrogen-bond acceptors (Lipinski definition) is 4. The monoisotopic (exact) mass is 499 g/mol. The largest absolute Gasteiger partial charge is 0.497 e. The molecule has 2 rings (SSSR count). The van der Waals surface area contributed by atoms with Crippen molar-refractivity contribution in [2.75, 3.05) is 34.9 Å². The van der Waals surface area contributed by atoms with Gasteiger partial charge in [0.15, 0.2) is 17.5 Å². The summed E-state index contributed by atoms with van der Waals surface area (Å²) in [6.45, 7) is 1.50. The fourth-order valence-electron chi connectivity index (χ4n) is 2.69. The highest BCUT2D eigenvalue weighted by Gasteiger charge is 2.05. The van der Waals surface area contributed by atoms with Crippen LogP contribution in [0.3, 0.4) is 0 Å². The number of methoxy groups -OCH3 is 3. The summed E-state index contributed by atoms with van der Waals surface area (Å²) in [5, 5.41) is 6.66. The topological polar surface area (TPSA) is 64.1 Å². The van der Waals surface area contributed by atoms with Crippen LogP contribution < -0.4 is 24.8 Å². The Morgan fingerprint density at radius 2 is 1.54 bits per heavy atom. The molecule has 2 N–H and O–H groups in total. The van der Waals surface area contributed by atoms with Crippen molar-refractivity contribution in [1.29, 1.82) is 0 Å². The van der Waals surface area contributed by atoms with E-state index < -0.39 is 0 Å². The molecular weight excluding hydrogens is 469 g/mol. The zero-order valence-corrected chi connectivity index (χ0v) is 19.3. The summed E-state index contributed by atoms with van der Waals surface area (Å²) in [5.74, 6) is 3.11. The van der Waals surface area contributed by atoms with Crippen LogP contribution in [0.2, 0.25) is 0 Å². The normalized spacial score (nSPS) is 10.6. The minimum absolute atomic E-state index is 0. The van der Waals surface area contributed by atoms with E-state index in [2.05, 4.69) is 27.8 Å². The molecule has 0 saturated carbocycles. The van der Waals surface area contributed by atoms with Crippen LogP contribution in [0.1, 0.15) is 17.5 Å². The lowest BCUT2D eigenvalue weighted by Gasteiger charge is -2.13. The van der Waals surface area contributed by atoms with Gasteiger partial charge in [0.05, 0.1) is 21.3 Å². The summed E-state index contributed by atoms with van der Waals surface area (Å²) in [5.41, 5.74) is 2.39. The van der Waals surface area contributed by atoms with E-state index in [1.165, 1.54) is 5.56 Å². The highest BCUT2D eigenvalue weighted by Crippen LogP contribution is 2.27. The first-order valence-corrected chi connectivity index (χ1v) is 8.98. The molecule has 2 aromatic rings. The molecule has 0 bridgehead atoms. The number of aliphatic imine (C=N–C) groups is 1. The van der Waals surface area contributed by atoms with Gasteiger partial charge in [0.1, 0.15) is 5.75 Å². The van der Waals surface area contributed by atoms with Gasteiger partial charge in [-0.25, -0.2) is 0 Å². The maximum atomic E-state index is 5.34. The number of nitrogens with zero attached hydrogens (tertiary/aromatic N) is 1. The van der Waals surface area contributed by atoms with Gasteiger partial charge in [0.25, 0.3) is 0 Å². The average molecular weight is 499 g/mol. The molecular formula is C21H30IN3O3. The van der Waals surface area contributed by atoms with Gasteiger partial charge in [0.2, 0.25) is 0 Å². The Balaban J connectivity index is 0.00000392. The summed E-state index contributed by atoms with van der Waals surface area (Å²) in [6, 6.07) is 14.1. The van der Waals surface area contributed by atoms with Crippen LogP contribution in [0.5, 0.6) is 17.2 Å². The highest BCUT2D eigenvalue weighted by molar-refractivity contribution is 14.0. The van der Waals surface area contributed by atoms with E-state index in [0.29, 0.717) is 6.54 Å². The lowest BCUT2D eigenvalue weighted by Crippen LogP contribution is -2.37. The molecule has 0 fully saturated rings. The van der Waals surface area contributed by atoms with Gasteiger partial charge in [-0.1, -0.05) is 18.2 Å². The molecule has 0 spiro atoms. The lowest BCUT2D eigenvalue weighted by atomic mass is 10.1. The first-order chi connectivity index (χ1) is 13.2. The van der Waals surface area contributed by atoms with Crippen LogP contribution in [0, 0.1) is 0 Å². The maximum absolute atomic E-state index is 5.34. The zero-order valence-electron chi connectivity index (χ0n) is 17.0. The molecule has 0 saturated heterocycles. The average Bonchev–Trinajstić information content (AvgIpc) is 2.73. The predicted molar refractivity (Wildman–Crippen MR) is 124 cm³/mol. The molecule has 7 heteroatoms. The Morgan fingerprint density at radius 1 is 0.857 bits per heavy atom. The van der Waals surface area contributed by atoms with Gasteiger partial charge in [-0.15, -0.1) is 24.0 Å². The van der Waals surface area contributed by atoms with Gasteiger partial charge < -0.3 is 24.8 Å². The summed E-state index contributed by atoms with van der Waals surface area (Å²) in [7, 11) is 6.72. The van der Waals surface area contributed by atoms with Crippen LogP contribution in [0.25, 0.3) is 0 Å². The van der Waals surface area contributed by atoms with Crippen molar-refractivity contribution in [1.82, 2.24) is 10.6 Å². The summed E-state index contributed by atoms with van der Waals surface area (Å²) in [6.07, 6.45) is 2.02. The Morgan fingerprint density at radius 3 is 2.14 bits per heavy atom. The van der Waals surface area contributed by atoms with Crippen LogP contribution in [0.4, 0.5) is 0 Å². The summed E-state index contributed by atoms with van der Waals surface area (Å²) < 4.78 is 15.8. The van der Waals surface area contributed by atoms with E-state index in [4.69, 9.17) is 14.2 Å². The molecule has 154 valence electrons. The number of hydrogen-bond donors (Lipinski definition) is 2. The number of nitrogens with one attached hydrogen (secondary N) is 2. The minimum Gasteiger partial charge on any atom is -0.497 e. The first kappa shape index (κ1) is 23.9. The van der Waals surface area contributed by atoms with Crippen LogP contribution >= 0.6 is 24.0 Å². The summed E-state index contributed by atoms with van der Waals surface area (Å²) in [4.78, 5) is 4.27. The molecule has 0 heterocycles. The number of halogens is 1. The number of aryl methyl sites for hydroxylation is 1. The number of benzene rings is 2. The van der Waals surface area contributed by atoms with Gasteiger partial charge in [-0.3, -0.25) is 4.99 Å². The fourth-order valence-corrected chi connectivity index (χ4v) is 2.69. The van der Waals surface area contributed by atoms with Crippen molar-refractivity contribution in [2.24, 2.45) is 4.99 Å². The van der Waals surface area contributed by atoms with Gasteiger partial charge in [0, 0.05) is 20.1 Å². The summed E-state index contributed by atoms with van der Waals surface area (Å²) >= 11 is 0. The second-order valence-corrected chi connectivity index (χ2v) is 5.99. The van der Waals surface area contributed by atoms with E-state index in [0.717, 1.165) is 48.2 Å². The molecule has 0 aliphatic carbocycles. The Kier molecular flexibility index (Phi) is 11.2. The Bertz CT molecular complexity index is 736. The molecule has 0 aromatic heterocycles. The second-order valence-electron chi connectivity index (χ2n) is 5.99. The quantitative estimate of drug-likeness (QED) is 0.239. The van der Waals surface area contributed by atoms with E-state index >= 15 is 0 Å². The number of rotatable bonds is 9. The third kappa shape index (κ3) is 7.46. The minimum atomic E-state index is 0.